The Kier molecular flexibility index (Phi) is 3.77. The molecule has 0 unspecified atom stereocenters. The van der Waals surface area contributed by atoms with Crippen LogP contribution in [-0.4, -0.2) is 22.2 Å². The molecule has 8 nitrogen and oxygen atoms in total. The lowest BCUT2D eigenvalue weighted by molar-refractivity contribution is 0.0959. The fraction of sp³-hybridized carbons (Fsp3) is 0. The molecule has 4 N–H and O–H groups in total. The van der Waals surface area contributed by atoms with Crippen LogP contribution in [0.1, 0.15) is 15.2 Å². The van der Waals surface area contributed by atoms with E-state index in [2.05, 4.69) is 15.5 Å². The van der Waals surface area contributed by atoms with Crippen LogP contribution in [-0.2, 0) is 0 Å². The molecule has 23 heavy (non-hydrogen) atoms. The number of benzene rings is 1. The molecule has 116 valence electrons. The average molecular weight is 330 g/mol. The monoisotopic (exact) mass is 330 g/mol. The molecule has 0 saturated heterocycles. The van der Waals surface area contributed by atoms with Crippen molar-refractivity contribution in [2.75, 3.05) is 5.73 Å². The van der Waals surface area contributed by atoms with E-state index in [0.29, 0.717) is 10.3 Å². The number of nitrogens with one attached hydrogen (secondary N) is 1. The molecule has 0 atom stereocenters. The minimum atomic E-state index is -0.554. The van der Waals surface area contributed by atoms with Crippen LogP contribution < -0.4 is 16.8 Å². The molecule has 0 fully saturated rings. The molecule has 0 bridgehead atoms. The Morgan fingerprint density at radius 1 is 1.39 bits per heavy atom. The van der Waals surface area contributed by atoms with Crippen LogP contribution in [0.5, 0.6) is 5.75 Å². The summed E-state index contributed by atoms with van der Waals surface area (Å²) in [5.41, 5.74) is 7.54. The van der Waals surface area contributed by atoms with Gasteiger partial charge in [0.05, 0.1) is 18.0 Å². The molecular formula is C14H10N4O4S. The van der Waals surface area contributed by atoms with E-state index in [1.54, 1.807) is 12.1 Å². The number of nitrogens with two attached hydrogens (primary N) is 1. The Hall–Kier alpha value is -3.20. The van der Waals surface area contributed by atoms with Gasteiger partial charge in [0.25, 0.3) is 5.91 Å². The fourth-order valence-electron chi connectivity index (χ4n) is 1.87. The molecule has 1 aromatic carbocycles. The molecule has 0 radical (unpaired) electrons. The van der Waals surface area contributed by atoms with E-state index in [1.165, 1.54) is 24.5 Å². The van der Waals surface area contributed by atoms with Crippen molar-refractivity contribution < 1.29 is 14.3 Å². The van der Waals surface area contributed by atoms with Crippen molar-refractivity contribution in [3.63, 3.8) is 0 Å². The highest BCUT2D eigenvalue weighted by molar-refractivity contribution is 7.17. The first-order chi connectivity index (χ1) is 11.0. The highest BCUT2D eigenvalue weighted by Crippen LogP contribution is 2.24. The highest BCUT2D eigenvalue weighted by atomic mass is 32.1. The standard InChI is InChI=1S/C14H10N4O4S/c15-14-16-6-10(23-14)13(21)18-17-5-8-9(19)3-1-7-2-4-11(20)22-12(7)8/h1-6,19H,(H2,15,16)(H,18,21)/b17-5+. The van der Waals surface area contributed by atoms with Crippen molar-refractivity contribution in [3.8, 4) is 5.75 Å². The third-order valence-electron chi connectivity index (χ3n) is 2.91. The van der Waals surface area contributed by atoms with Gasteiger partial charge in [-0.05, 0) is 18.2 Å². The number of nitrogen functional groups attached to an aromatic ring is 1. The molecule has 3 rings (SSSR count). The van der Waals surface area contributed by atoms with E-state index in [1.807, 2.05) is 0 Å². The minimum absolute atomic E-state index is 0.133. The third-order valence-corrected chi connectivity index (χ3v) is 3.74. The third kappa shape index (κ3) is 3.04. The van der Waals surface area contributed by atoms with E-state index < -0.39 is 11.5 Å². The maximum absolute atomic E-state index is 11.8. The number of aromatic nitrogens is 1. The van der Waals surface area contributed by atoms with Gasteiger partial charge in [0.1, 0.15) is 10.6 Å². The van der Waals surface area contributed by atoms with Crippen LogP contribution in [0.3, 0.4) is 0 Å². The Bertz CT molecular complexity index is 976. The molecule has 0 aliphatic heterocycles. The van der Waals surface area contributed by atoms with Crippen LogP contribution in [0.4, 0.5) is 5.13 Å². The number of anilines is 1. The summed E-state index contributed by atoms with van der Waals surface area (Å²) in [5.74, 6) is -0.622. The molecule has 0 aliphatic rings. The largest absolute Gasteiger partial charge is 0.507 e. The smallest absolute Gasteiger partial charge is 0.336 e. The number of hydrogen-bond donors (Lipinski definition) is 3. The summed E-state index contributed by atoms with van der Waals surface area (Å²) in [4.78, 5) is 27.2. The second-order valence-corrected chi connectivity index (χ2v) is 5.50. The second kappa shape index (κ2) is 5.89. The van der Waals surface area contributed by atoms with Gasteiger partial charge >= 0.3 is 5.63 Å². The van der Waals surface area contributed by atoms with Crippen LogP contribution in [0, 0.1) is 0 Å². The molecule has 0 saturated carbocycles. The lowest BCUT2D eigenvalue weighted by atomic mass is 10.1. The number of carbonyl (C=O) groups is 1. The molecule has 1 amide bonds. The SMILES string of the molecule is Nc1ncc(C(=O)N/N=C/c2c(O)ccc3ccc(=O)oc23)s1. The van der Waals surface area contributed by atoms with E-state index in [4.69, 9.17) is 10.2 Å². The van der Waals surface area contributed by atoms with Crippen molar-refractivity contribution in [3.05, 3.63) is 51.3 Å². The van der Waals surface area contributed by atoms with Gasteiger partial charge in [-0.1, -0.05) is 11.3 Å². The first-order valence-corrected chi connectivity index (χ1v) is 7.17. The van der Waals surface area contributed by atoms with Gasteiger partial charge < -0.3 is 15.3 Å². The maximum Gasteiger partial charge on any atom is 0.336 e. The zero-order valence-corrected chi connectivity index (χ0v) is 12.3. The summed E-state index contributed by atoms with van der Waals surface area (Å²) in [6.45, 7) is 0. The first-order valence-electron chi connectivity index (χ1n) is 6.35. The Morgan fingerprint density at radius 3 is 2.91 bits per heavy atom. The molecule has 3 aromatic rings. The predicted octanol–water partition coefficient (Wildman–Crippen LogP) is 1.30. The molecule has 2 aromatic heterocycles. The Morgan fingerprint density at radius 2 is 2.17 bits per heavy atom. The molecular weight excluding hydrogens is 320 g/mol. The number of hydrogen-bond acceptors (Lipinski definition) is 8. The molecule has 0 aliphatic carbocycles. The fourth-order valence-corrected chi connectivity index (χ4v) is 2.45. The van der Waals surface area contributed by atoms with Gasteiger partial charge in [-0.2, -0.15) is 5.10 Å². The van der Waals surface area contributed by atoms with E-state index in [-0.39, 0.29) is 22.0 Å². The van der Waals surface area contributed by atoms with Crippen molar-refractivity contribution in [2.45, 2.75) is 0 Å². The van der Waals surface area contributed by atoms with Crippen molar-refractivity contribution >= 4 is 39.6 Å². The van der Waals surface area contributed by atoms with E-state index >= 15 is 0 Å². The second-order valence-electron chi connectivity index (χ2n) is 4.43. The van der Waals surface area contributed by atoms with Gasteiger partial charge in [0, 0.05) is 11.5 Å². The predicted molar refractivity (Wildman–Crippen MR) is 85.7 cm³/mol. The zero-order valence-electron chi connectivity index (χ0n) is 11.5. The van der Waals surface area contributed by atoms with Crippen molar-refractivity contribution in [2.24, 2.45) is 5.10 Å². The lowest BCUT2D eigenvalue weighted by Crippen LogP contribution is -2.16. The van der Waals surface area contributed by atoms with Gasteiger partial charge in [-0.3, -0.25) is 4.79 Å². The van der Waals surface area contributed by atoms with Crippen molar-refractivity contribution in [1.82, 2.24) is 10.4 Å². The summed E-state index contributed by atoms with van der Waals surface area (Å²) in [7, 11) is 0. The summed E-state index contributed by atoms with van der Waals surface area (Å²) < 4.78 is 5.08. The zero-order chi connectivity index (χ0) is 16.4. The normalized spacial score (nSPS) is 11.1. The molecule has 9 heteroatoms. The summed E-state index contributed by atoms with van der Waals surface area (Å²) in [6.07, 6.45) is 2.53. The van der Waals surface area contributed by atoms with E-state index in [0.717, 1.165) is 11.3 Å². The minimum Gasteiger partial charge on any atom is -0.507 e. The number of phenolic OH excluding ortho intramolecular Hbond substituents is 1. The highest BCUT2D eigenvalue weighted by Gasteiger charge is 2.10. The van der Waals surface area contributed by atoms with Crippen LogP contribution in [0.2, 0.25) is 0 Å². The number of fused-ring (bicyclic) bond motifs is 1. The number of hydrazone groups is 1. The number of thiazole rings is 1. The summed E-state index contributed by atoms with van der Waals surface area (Å²) >= 11 is 1.02. The summed E-state index contributed by atoms with van der Waals surface area (Å²) in [5, 5.41) is 14.5. The summed E-state index contributed by atoms with van der Waals surface area (Å²) in [6, 6.07) is 5.88. The Labute approximate surface area is 132 Å². The number of carbonyl (C=O) groups excluding carboxylic acids is 1. The molecule has 0 spiro atoms. The first kappa shape index (κ1) is 14.7. The van der Waals surface area contributed by atoms with E-state index in [9.17, 15) is 14.7 Å². The van der Waals surface area contributed by atoms with Gasteiger partial charge in [-0.15, -0.1) is 0 Å². The topological polar surface area (TPSA) is 131 Å². The number of rotatable bonds is 3. The molecule has 2 heterocycles. The van der Waals surface area contributed by atoms with Gasteiger partial charge in [0.15, 0.2) is 10.7 Å². The maximum atomic E-state index is 11.8. The number of nitrogens with zero attached hydrogens (tertiary/aromatic N) is 2. The average Bonchev–Trinajstić information content (AvgIpc) is 2.96. The Balaban J connectivity index is 1.89. The quantitative estimate of drug-likeness (QED) is 0.377. The number of phenols is 1. The van der Waals surface area contributed by atoms with Gasteiger partial charge in [0.2, 0.25) is 0 Å². The van der Waals surface area contributed by atoms with Crippen LogP contribution in [0.15, 0.2) is 44.8 Å². The van der Waals surface area contributed by atoms with Crippen molar-refractivity contribution in [1.29, 1.82) is 0 Å². The van der Waals surface area contributed by atoms with Crippen LogP contribution >= 0.6 is 11.3 Å². The number of aromatic hydroxyl groups is 1. The van der Waals surface area contributed by atoms with Crippen LogP contribution in [0.25, 0.3) is 11.0 Å². The lowest BCUT2D eigenvalue weighted by Gasteiger charge is -2.03. The van der Waals surface area contributed by atoms with Gasteiger partial charge in [-0.25, -0.2) is 15.2 Å². The number of amides is 1.